The summed E-state index contributed by atoms with van der Waals surface area (Å²) in [5, 5.41) is 30.4. The topological polar surface area (TPSA) is 410 Å². The van der Waals surface area contributed by atoms with Crippen molar-refractivity contribution in [1.82, 2.24) is 63.2 Å². The number of aryl methyl sites for hydroxylation is 6. The van der Waals surface area contributed by atoms with E-state index in [1.165, 1.54) is 39.2 Å². The molecule has 0 radical (unpaired) electrons. The molecule has 6 heterocycles. The molecular weight excluding hydrogens is 1350 g/mol. The normalized spacial score (nSPS) is 11.1. The number of carbonyl (C=O) groups is 13. The number of rotatable bonds is 45. The van der Waals surface area contributed by atoms with Crippen molar-refractivity contribution < 1.29 is 67.4 Å². The Morgan fingerprint density at radius 1 is 0.371 bits per heavy atom. The fourth-order valence-corrected chi connectivity index (χ4v) is 11.5. The summed E-state index contributed by atoms with van der Waals surface area (Å²) in [5.74, 6) is -3.98. The monoisotopic (exact) mass is 1450 g/mol. The lowest BCUT2D eigenvalue weighted by atomic mass is 10.0. The quantitative estimate of drug-likeness (QED) is 0.0157. The first-order valence-corrected chi connectivity index (χ1v) is 35.0. The molecule has 1 aromatic carbocycles. The number of carbonyl (C=O) groups excluding carboxylic acids is 13. The highest BCUT2D eigenvalue weighted by Gasteiger charge is 2.24. The maximum absolute atomic E-state index is 13.5. The minimum Gasteiger partial charge on any atom is -0.389 e. The van der Waals surface area contributed by atoms with E-state index in [2.05, 4.69) is 62.4 Å². The smallest absolute Gasteiger partial charge is 0.292 e. The third kappa shape index (κ3) is 25.9. The second-order valence-electron chi connectivity index (χ2n) is 26.3. The van der Waals surface area contributed by atoms with Crippen LogP contribution in [0.5, 0.6) is 0 Å². The molecule has 0 atom stereocenters. The summed E-state index contributed by atoms with van der Waals surface area (Å²) < 4.78 is 9.21. The van der Waals surface area contributed by atoms with Crippen molar-refractivity contribution in [3.63, 3.8) is 0 Å². The van der Waals surface area contributed by atoms with E-state index >= 15 is 0 Å². The Morgan fingerprint density at radius 3 is 1.47 bits per heavy atom. The molecule has 0 saturated heterocycles. The predicted octanol–water partition coefficient (Wildman–Crippen LogP) is 5.95. The van der Waals surface area contributed by atoms with Crippen LogP contribution < -0.4 is 42.5 Å². The molecule has 6 aromatic heterocycles. The molecule has 0 fully saturated rings. The van der Waals surface area contributed by atoms with Gasteiger partial charge in [-0.15, -0.1) is 0 Å². The first-order chi connectivity index (χ1) is 50.1. The third-order valence-corrected chi connectivity index (χ3v) is 17.0. The standard InChI is InChI=1S/C73H96N18O14/c1-85(2)34-17-15-19-52(93)21-18-22-57(95)54-35-47(40-86(54)3)37-58(96)55-36-48(41-87(55)4)38-59(97)67-81-60(43-89(67)6)79-65(100)24-14-11-16-31-75-71(103)56-39-51(42-88(56)5)78-72(104)68-83-62(45-91(68)8)84-73(105)69-82-61(44-90(69)7)80-66(101)30-32-74-63(98)29-33-76-70(102)49-25-27-50(28-26-49)77-64(99)23-13-10-9-12-20-53(94)46-92/h25-28,35-36,39-45,92H,9-24,29-34,37-38,46H2,1-8H3,(H,74,98)(H,75,103)(H,76,102)(H,77,99)(H,78,104)(H,79,100)(H,80,101)(H,84,105). The SMILES string of the molecule is CN(C)CCCCC(=O)CCCC(=O)c1cc(CC(=O)c2cc(CC(=O)c3nc(NC(=O)CCCCCNC(=O)c4cc(NC(=O)c5nc(NC(=O)c6nc(NC(=O)CCNC(=O)CCNC(=O)c7ccc(NC(=O)CCCCCCC(=O)CO)cc7)cn6C)cn5C)cn4C)cn3C)cn2C)cn1C. The molecular formula is C73H96N18O14. The number of hydrogen-bond donors (Lipinski definition) is 9. The van der Waals surface area contributed by atoms with Gasteiger partial charge < -0.3 is 79.9 Å². The van der Waals surface area contributed by atoms with Crippen molar-refractivity contribution in [2.24, 2.45) is 42.3 Å². The van der Waals surface area contributed by atoms with Crippen LogP contribution in [0.25, 0.3) is 0 Å². The summed E-state index contributed by atoms with van der Waals surface area (Å²) >= 11 is 0. The van der Waals surface area contributed by atoms with E-state index < -0.39 is 42.0 Å². The van der Waals surface area contributed by atoms with Crippen LogP contribution in [-0.2, 0) is 83.9 Å². The Bertz CT molecular complexity index is 4280. The maximum Gasteiger partial charge on any atom is 0.292 e. The average Bonchev–Trinajstić information content (AvgIpc) is 1.70. The first-order valence-electron chi connectivity index (χ1n) is 35.0. The molecule has 0 aliphatic carbocycles. The molecule has 0 unspecified atom stereocenters. The fraction of sp³-hybridized carbons (Fsp3) is 0.452. The molecule has 32 nitrogen and oxygen atoms in total. The zero-order chi connectivity index (χ0) is 76.3. The summed E-state index contributed by atoms with van der Waals surface area (Å²) in [6.45, 7) is 0.767. The zero-order valence-electron chi connectivity index (χ0n) is 60.9. The summed E-state index contributed by atoms with van der Waals surface area (Å²) in [6, 6.07) is 11.2. The maximum atomic E-state index is 13.5. The molecule has 32 heteroatoms. The van der Waals surface area contributed by atoms with E-state index in [1.54, 1.807) is 110 Å². The number of ketones is 5. The number of aliphatic hydroxyl groups excluding tert-OH is 1. The zero-order valence-corrected chi connectivity index (χ0v) is 60.9. The lowest BCUT2D eigenvalue weighted by Crippen LogP contribution is -2.32. The van der Waals surface area contributed by atoms with Gasteiger partial charge in [-0.05, 0) is 119 Å². The highest BCUT2D eigenvalue weighted by atomic mass is 16.3. The van der Waals surface area contributed by atoms with Crippen molar-refractivity contribution in [3.8, 4) is 0 Å². The molecule has 0 spiro atoms. The minimum absolute atomic E-state index is 0.0187. The lowest BCUT2D eigenvalue weighted by molar-refractivity contribution is -0.122. The van der Waals surface area contributed by atoms with E-state index in [-0.39, 0.29) is 133 Å². The number of imidazole rings is 3. The van der Waals surface area contributed by atoms with Crippen molar-refractivity contribution >= 4 is 105 Å². The Labute approximate surface area is 608 Å². The Morgan fingerprint density at radius 2 is 0.848 bits per heavy atom. The first kappa shape index (κ1) is 81.0. The molecule has 0 saturated carbocycles. The number of nitrogens with zero attached hydrogens (tertiary/aromatic N) is 10. The molecule has 0 aliphatic rings. The van der Waals surface area contributed by atoms with E-state index in [1.807, 2.05) is 14.1 Å². The van der Waals surface area contributed by atoms with Gasteiger partial charge in [-0.2, -0.15) is 0 Å². The van der Waals surface area contributed by atoms with Gasteiger partial charge in [0.25, 0.3) is 23.6 Å². The molecule has 8 amide bonds. The van der Waals surface area contributed by atoms with Crippen molar-refractivity contribution in [3.05, 3.63) is 131 Å². The molecule has 0 aliphatic heterocycles. The fourth-order valence-electron chi connectivity index (χ4n) is 11.5. The van der Waals surface area contributed by atoms with Crippen molar-refractivity contribution in [2.45, 2.75) is 128 Å². The number of benzene rings is 1. The number of anilines is 5. The Balaban J connectivity index is 0.745. The molecule has 9 N–H and O–H groups in total. The summed E-state index contributed by atoms with van der Waals surface area (Å²) in [4.78, 5) is 182. The summed E-state index contributed by atoms with van der Waals surface area (Å²) in [5.41, 5.74) is 3.53. The average molecular weight is 1450 g/mol. The van der Waals surface area contributed by atoms with Gasteiger partial charge in [0.1, 0.15) is 18.1 Å². The number of nitrogens with one attached hydrogen (secondary N) is 8. The van der Waals surface area contributed by atoms with Crippen molar-refractivity contribution in [1.29, 1.82) is 0 Å². The number of aromatic nitrogens is 9. The predicted molar refractivity (Wildman–Crippen MR) is 391 cm³/mol. The number of unbranched alkanes of at least 4 members (excludes halogenated alkanes) is 6. The number of hydrogen-bond acceptors (Lipinski definition) is 18. The molecule has 562 valence electrons. The molecule has 105 heavy (non-hydrogen) atoms. The third-order valence-electron chi connectivity index (χ3n) is 17.0. The molecule has 0 bridgehead atoms. The summed E-state index contributed by atoms with van der Waals surface area (Å²) in [7, 11) is 13.8. The van der Waals surface area contributed by atoms with E-state index in [4.69, 9.17) is 5.11 Å². The van der Waals surface area contributed by atoms with Gasteiger partial charge in [0.05, 0.1) is 17.1 Å². The van der Waals surface area contributed by atoms with Gasteiger partial charge in [0.2, 0.25) is 41.1 Å². The second kappa shape index (κ2) is 40.0. The van der Waals surface area contributed by atoms with Gasteiger partial charge in [-0.25, -0.2) is 15.0 Å². The van der Waals surface area contributed by atoms with Gasteiger partial charge in [0.15, 0.2) is 40.6 Å². The number of amides is 8. The van der Waals surface area contributed by atoms with Crippen LogP contribution in [0, 0.1) is 0 Å². The van der Waals surface area contributed by atoms with Crippen LogP contribution in [0.2, 0.25) is 0 Å². The largest absolute Gasteiger partial charge is 0.389 e. The Hall–Kier alpha value is -11.3. The van der Waals surface area contributed by atoms with Crippen LogP contribution in [0.1, 0.15) is 200 Å². The van der Waals surface area contributed by atoms with Crippen LogP contribution >= 0.6 is 0 Å². The van der Waals surface area contributed by atoms with Crippen LogP contribution in [0.3, 0.4) is 0 Å². The van der Waals surface area contributed by atoms with Gasteiger partial charge >= 0.3 is 0 Å². The van der Waals surface area contributed by atoms with Gasteiger partial charge in [-0.1, -0.05) is 19.3 Å². The van der Waals surface area contributed by atoms with E-state index in [9.17, 15) is 62.3 Å². The van der Waals surface area contributed by atoms with E-state index in [0.717, 1.165) is 32.2 Å². The number of aliphatic hydroxyl groups is 1. The molecule has 7 aromatic rings. The minimum atomic E-state index is -0.702. The van der Waals surface area contributed by atoms with Crippen molar-refractivity contribution in [2.75, 3.05) is 73.5 Å². The van der Waals surface area contributed by atoms with Crippen LogP contribution in [-0.4, -0.2) is 175 Å². The highest BCUT2D eigenvalue weighted by Crippen LogP contribution is 2.21. The number of Topliss-reactive ketones (excluding diaryl/α,β-unsaturated/α-hetero) is 5. The Kier molecular flexibility index (Phi) is 30.8. The summed E-state index contributed by atoms with van der Waals surface area (Å²) in [6.07, 6.45) is 17.9. The van der Waals surface area contributed by atoms with Gasteiger partial charge in [0, 0.05) is 175 Å². The van der Waals surface area contributed by atoms with Gasteiger partial charge in [-0.3, -0.25) is 62.3 Å². The van der Waals surface area contributed by atoms with Crippen LogP contribution in [0.15, 0.2) is 79.6 Å². The van der Waals surface area contributed by atoms with Crippen LogP contribution in [0.4, 0.5) is 28.8 Å². The van der Waals surface area contributed by atoms with E-state index in [0.29, 0.717) is 110 Å². The highest BCUT2D eigenvalue weighted by molar-refractivity contribution is 6.06. The second-order valence-corrected chi connectivity index (χ2v) is 26.3. The lowest BCUT2D eigenvalue weighted by Gasteiger charge is -2.08. The molecule has 7 rings (SSSR count).